The van der Waals surface area contributed by atoms with Gasteiger partial charge in [-0.2, -0.15) is 0 Å². The second kappa shape index (κ2) is 5.26. The minimum absolute atomic E-state index is 0.0755. The Bertz CT molecular complexity index is 828. The molecule has 0 spiro atoms. The summed E-state index contributed by atoms with van der Waals surface area (Å²) >= 11 is 0. The Balaban J connectivity index is 1.57. The zero-order valence-electron chi connectivity index (χ0n) is 13.7. The number of nitrogens with one attached hydrogen (secondary N) is 1. The number of carbonyl (C=O) groups excluding carboxylic acids is 1. The number of amides is 2. The second-order valence-electron chi connectivity index (χ2n) is 7.03. The van der Waals surface area contributed by atoms with Crippen molar-refractivity contribution >= 4 is 28.6 Å². The summed E-state index contributed by atoms with van der Waals surface area (Å²) in [4.78, 5) is 26.1. The van der Waals surface area contributed by atoms with E-state index in [2.05, 4.69) is 5.32 Å². The normalized spacial score (nSPS) is 25.9. The first-order chi connectivity index (χ1) is 11.5. The molecule has 2 heterocycles. The van der Waals surface area contributed by atoms with Gasteiger partial charge in [-0.1, -0.05) is 18.6 Å². The lowest BCUT2D eigenvalue weighted by atomic mass is 9.81. The molecule has 1 saturated heterocycles. The first kappa shape index (κ1) is 15.1. The number of fused-ring (bicyclic) bond motifs is 2. The van der Waals surface area contributed by atoms with Gasteiger partial charge < -0.3 is 19.9 Å². The van der Waals surface area contributed by atoms with Crippen molar-refractivity contribution in [1.29, 1.82) is 0 Å². The number of aliphatic carboxylic acids is 1. The Morgan fingerprint density at radius 1 is 1.33 bits per heavy atom. The molecule has 6 heteroatoms. The van der Waals surface area contributed by atoms with E-state index in [1.165, 1.54) is 0 Å². The quantitative estimate of drug-likeness (QED) is 0.890. The molecular weight excluding hydrogens is 306 g/mol. The van der Waals surface area contributed by atoms with Gasteiger partial charge in [0.15, 0.2) is 0 Å². The van der Waals surface area contributed by atoms with Gasteiger partial charge in [-0.05, 0) is 30.9 Å². The van der Waals surface area contributed by atoms with Gasteiger partial charge in [-0.3, -0.25) is 4.79 Å². The largest absolute Gasteiger partial charge is 0.481 e. The zero-order valence-corrected chi connectivity index (χ0v) is 13.7. The molecule has 1 aromatic carbocycles. The summed E-state index contributed by atoms with van der Waals surface area (Å²) in [7, 11) is 1.94. The molecule has 0 unspecified atom stereocenters. The molecular formula is C18H21N3O3. The van der Waals surface area contributed by atoms with Crippen LogP contribution in [0.1, 0.15) is 19.3 Å². The fourth-order valence-corrected chi connectivity index (χ4v) is 4.44. The van der Waals surface area contributed by atoms with Crippen LogP contribution in [0.4, 0.5) is 10.5 Å². The second-order valence-corrected chi connectivity index (χ2v) is 7.03. The maximum atomic E-state index is 12.7. The van der Waals surface area contributed by atoms with Gasteiger partial charge in [0.2, 0.25) is 0 Å². The summed E-state index contributed by atoms with van der Waals surface area (Å²) < 4.78 is 1.97. The van der Waals surface area contributed by atoms with E-state index in [0.717, 1.165) is 29.4 Å². The number of carboxylic acid groups (broad SMARTS) is 1. The molecule has 4 rings (SSSR count). The molecule has 2 aliphatic rings. The van der Waals surface area contributed by atoms with Gasteiger partial charge in [0.1, 0.15) is 0 Å². The van der Waals surface area contributed by atoms with Crippen molar-refractivity contribution in [2.75, 3.05) is 18.4 Å². The van der Waals surface area contributed by atoms with E-state index in [9.17, 15) is 14.7 Å². The first-order valence-electron chi connectivity index (χ1n) is 8.35. The number of aryl methyl sites for hydroxylation is 1. The number of rotatable bonds is 2. The number of carbonyl (C=O) groups is 2. The number of urea groups is 1. The van der Waals surface area contributed by atoms with Crippen molar-refractivity contribution in [3.63, 3.8) is 0 Å². The van der Waals surface area contributed by atoms with Crippen molar-refractivity contribution in [2.24, 2.45) is 18.4 Å². The highest BCUT2D eigenvalue weighted by atomic mass is 16.4. The Labute approximate surface area is 140 Å². The highest BCUT2D eigenvalue weighted by Gasteiger charge is 2.55. The fourth-order valence-electron chi connectivity index (χ4n) is 4.44. The lowest BCUT2D eigenvalue weighted by Gasteiger charge is -2.23. The van der Waals surface area contributed by atoms with Crippen molar-refractivity contribution in [3.05, 3.63) is 30.5 Å². The van der Waals surface area contributed by atoms with Crippen molar-refractivity contribution in [3.8, 4) is 0 Å². The molecule has 0 radical (unpaired) electrons. The number of benzene rings is 1. The summed E-state index contributed by atoms with van der Waals surface area (Å²) in [5.74, 6) is -0.684. The standard InChI is InChI=1S/C18H21N3O3/c1-20-9-7-12-4-2-6-14(15(12)20)19-17(24)21-10-13-5-3-8-18(13,11-21)16(22)23/h2,4,6-7,9,13H,3,5,8,10-11H2,1H3,(H,19,24)(H,22,23)/t13-,18+/m0/s1. The highest BCUT2D eigenvalue weighted by molar-refractivity contribution is 6.00. The van der Waals surface area contributed by atoms with E-state index in [1.54, 1.807) is 4.90 Å². The maximum Gasteiger partial charge on any atom is 0.321 e. The van der Waals surface area contributed by atoms with Gasteiger partial charge in [0, 0.05) is 31.7 Å². The minimum Gasteiger partial charge on any atom is -0.481 e. The third-order valence-corrected chi connectivity index (χ3v) is 5.72. The fraction of sp³-hybridized carbons (Fsp3) is 0.444. The van der Waals surface area contributed by atoms with Gasteiger partial charge in [0.05, 0.1) is 16.6 Å². The van der Waals surface area contributed by atoms with Gasteiger partial charge in [-0.25, -0.2) is 4.79 Å². The smallest absolute Gasteiger partial charge is 0.321 e. The average molecular weight is 327 g/mol. The van der Waals surface area contributed by atoms with E-state index in [1.807, 2.05) is 42.1 Å². The van der Waals surface area contributed by atoms with Crippen LogP contribution >= 0.6 is 0 Å². The third kappa shape index (κ3) is 2.09. The third-order valence-electron chi connectivity index (χ3n) is 5.72. The molecule has 24 heavy (non-hydrogen) atoms. The lowest BCUT2D eigenvalue weighted by Crippen LogP contribution is -2.38. The van der Waals surface area contributed by atoms with Crippen LogP contribution in [-0.2, 0) is 11.8 Å². The number of hydrogen-bond donors (Lipinski definition) is 2. The minimum atomic E-state index is -0.759. The topological polar surface area (TPSA) is 74.6 Å². The molecule has 2 amide bonds. The van der Waals surface area contributed by atoms with Crippen LogP contribution in [0.2, 0.25) is 0 Å². The van der Waals surface area contributed by atoms with Crippen LogP contribution in [0.25, 0.3) is 10.9 Å². The molecule has 1 aromatic heterocycles. The van der Waals surface area contributed by atoms with E-state index in [4.69, 9.17) is 0 Å². The zero-order chi connectivity index (χ0) is 16.9. The van der Waals surface area contributed by atoms with Gasteiger partial charge >= 0.3 is 12.0 Å². The number of likely N-dealkylation sites (tertiary alicyclic amines) is 1. The predicted molar refractivity (Wildman–Crippen MR) is 90.9 cm³/mol. The van der Waals surface area contributed by atoms with Gasteiger partial charge in [-0.15, -0.1) is 0 Å². The molecule has 0 bridgehead atoms. The number of anilines is 1. The average Bonchev–Trinajstić information content (AvgIpc) is 3.20. The van der Waals surface area contributed by atoms with Crippen molar-refractivity contribution in [1.82, 2.24) is 9.47 Å². The predicted octanol–water partition coefficient (Wildman–Crippen LogP) is 2.90. The number of nitrogens with zero attached hydrogens (tertiary/aromatic N) is 2. The molecule has 1 aliphatic heterocycles. The van der Waals surface area contributed by atoms with E-state index >= 15 is 0 Å². The maximum absolute atomic E-state index is 12.7. The Morgan fingerprint density at radius 2 is 2.17 bits per heavy atom. The van der Waals surface area contributed by atoms with E-state index in [0.29, 0.717) is 19.5 Å². The summed E-state index contributed by atoms with van der Waals surface area (Å²) in [5, 5.41) is 13.7. The van der Waals surface area contributed by atoms with Crippen LogP contribution in [-0.4, -0.2) is 39.7 Å². The molecule has 6 nitrogen and oxygen atoms in total. The van der Waals surface area contributed by atoms with Crippen LogP contribution in [0.3, 0.4) is 0 Å². The van der Waals surface area contributed by atoms with E-state index in [-0.39, 0.29) is 11.9 Å². The monoisotopic (exact) mass is 327 g/mol. The van der Waals surface area contributed by atoms with E-state index < -0.39 is 11.4 Å². The molecule has 2 fully saturated rings. The van der Waals surface area contributed by atoms with Crippen LogP contribution in [0, 0.1) is 11.3 Å². The Hall–Kier alpha value is -2.50. The number of aromatic nitrogens is 1. The first-order valence-corrected chi connectivity index (χ1v) is 8.35. The molecule has 2 atom stereocenters. The van der Waals surface area contributed by atoms with Crippen LogP contribution in [0.5, 0.6) is 0 Å². The summed E-state index contributed by atoms with van der Waals surface area (Å²) in [6, 6.07) is 7.59. The molecule has 126 valence electrons. The van der Waals surface area contributed by atoms with Gasteiger partial charge in [0.25, 0.3) is 0 Å². The van der Waals surface area contributed by atoms with Crippen LogP contribution in [0.15, 0.2) is 30.5 Å². The Morgan fingerprint density at radius 3 is 2.92 bits per heavy atom. The molecule has 2 aromatic rings. The van der Waals surface area contributed by atoms with Crippen LogP contribution < -0.4 is 5.32 Å². The Kier molecular flexibility index (Phi) is 3.30. The lowest BCUT2D eigenvalue weighted by molar-refractivity contribution is -0.149. The molecule has 1 saturated carbocycles. The number of hydrogen-bond acceptors (Lipinski definition) is 2. The van der Waals surface area contributed by atoms with Crippen molar-refractivity contribution in [2.45, 2.75) is 19.3 Å². The molecule has 2 N–H and O–H groups in total. The summed E-state index contributed by atoms with van der Waals surface area (Å²) in [5.41, 5.74) is 0.985. The summed E-state index contributed by atoms with van der Waals surface area (Å²) in [6.07, 6.45) is 4.46. The van der Waals surface area contributed by atoms with Crippen molar-refractivity contribution < 1.29 is 14.7 Å². The SMILES string of the molecule is Cn1ccc2cccc(NC(=O)N3C[C@@H]4CCC[C@@]4(C(=O)O)C3)c21. The number of carboxylic acids is 1. The number of para-hydroxylation sites is 1. The summed E-state index contributed by atoms with van der Waals surface area (Å²) in [6.45, 7) is 0.837. The highest BCUT2D eigenvalue weighted by Crippen LogP contribution is 2.49. The molecule has 1 aliphatic carbocycles.